The lowest BCUT2D eigenvalue weighted by molar-refractivity contribution is 0.107. The van der Waals surface area contributed by atoms with Gasteiger partial charge in [-0.05, 0) is 26.2 Å². The van der Waals surface area contributed by atoms with Gasteiger partial charge in [-0.2, -0.15) is 0 Å². The summed E-state index contributed by atoms with van der Waals surface area (Å²) in [4.78, 5) is 14.2. The number of carbonyl (C=O) groups is 1. The zero-order valence-electron chi connectivity index (χ0n) is 12.0. The zero-order valence-corrected chi connectivity index (χ0v) is 12.0. The molecule has 0 aromatic carbocycles. The van der Waals surface area contributed by atoms with E-state index in [4.69, 9.17) is 5.73 Å². The summed E-state index contributed by atoms with van der Waals surface area (Å²) in [5.41, 5.74) is 5.92. The second-order valence-corrected chi connectivity index (χ2v) is 5.32. The molecule has 4 heteroatoms. The average Bonchev–Trinajstić information content (AvgIpc) is 2.63. The molecule has 0 aromatic heterocycles. The first kappa shape index (κ1) is 15.3. The Bertz CT molecular complexity index is 247. The number of likely N-dealkylation sites (N-methyl/N-ethyl adjacent to an activating group) is 1. The summed E-state index contributed by atoms with van der Waals surface area (Å²) >= 11 is 0. The van der Waals surface area contributed by atoms with Gasteiger partial charge < -0.3 is 16.0 Å². The van der Waals surface area contributed by atoms with Crippen LogP contribution in [0.3, 0.4) is 0 Å². The summed E-state index contributed by atoms with van der Waals surface area (Å²) < 4.78 is 0. The number of hydrogen-bond acceptors (Lipinski definition) is 2. The van der Waals surface area contributed by atoms with Crippen molar-refractivity contribution in [2.75, 3.05) is 19.6 Å². The molecule has 1 aliphatic rings. The number of rotatable bonds is 5. The van der Waals surface area contributed by atoms with E-state index in [1.807, 2.05) is 11.8 Å². The Kier molecular flexibility index (Phi) is 6.47. The summed E-state index contributed by atoms with van der Waals surface area (Å²) in [6.45, 7) is 6.19. The van der Waals surface area contributed by atoms with Gasteiger partial charge >= 0.3 is 6.03 Å². The van der Waals surface area contributed by atoms with Gasteiger partial charge in [0, 0.05) is 19.6 Å². The van der Waals surface area contributed by atoms with E-state index in [0.717, 1.165) is 32.4 Å². The second kappa shape index (κ2) is 7.62. The molecule has 0 aromatic rings. The number of nitrogens with two attached hydrogens (primary N) is 1. The molecule has 1 fully saturated rings. The van der Waals surface area contributed by atoms with Crippen molar-refractivity contribution in [3.8, 4) is 0 Å². The summed E-state index contributed by atoms with van der Waals surface area (Å²) in [6, 6.07) is 0.0618. The Balaban J connectivity index is 2.76. The van der Waals surface area contributed by atoms with Gasteiger partial charge in [0.25, 0.3) is 0 Å². The minimum absolute atomic E-state index is 0.0618. The summed E-state index contributed by atoms with van der Waals surface area (Å²) in [5, 5.41) is 2.99. The molecule has 2 amide bonds. The van der Waals surface area contributed by atoms with Crippen molar-refractivity contribution in [2.45, 2.75) is 64.3 Å². The predicted molar refractivity (Wildman–Crippen MR) is 75.6 cm³/mol. The number of urea groups is 1. The van der Waals surface area contributed by atoms with Crippen LogP contribution in [-0.2, 0) is 0 Å². The van der Waals surface area contributed by atoms with Crippen molar-refractivity contribution in [3.63, 3.8) is 0 Å². The minimum atomic E-state index is -0.108. The monoisotopic (exact) mass is 255 g/mol. The van der Waals surface area contributed by atoms with E-state index in [-0.39, 0.29) is 11.6 Å². The van der Waals surface area contributed by atoms with Crippen molar-refractivity contribution in [2.24, 2.45) is 5.73 Å². The maximum absolute atomic E-state index is 12.3. The maximum Gasteiger partial charge on any atom is 0.317 e. The fourth-order valence-corrected chi connectivity index (χ4v) is 2.99. The van der Waals surface area contributed by atoms with E-state index < -0.39 is 0 Å². The van der Waals surface area contributed by atoms with Crippen molar-refractivity contribution in [1.82, 2.24) is 10.2 Å². The van der Waals surface area contributed by atoms with E-state index in [0.29, 0.717) is 6.54 Å². The lowest BCUT2D eigenvalue weighted by Crippen LogP contribution is -2.58. The molecule has 0 saturated heterocycles. The third-order valence-electron chi connectivity index (χ3n) is 4.07. The first-order chi connectivity index (χ1) is 8.70. The highest BCUT2D eigenvalue weighted by atomic mass is 16.2. The summed E-state index contributed by atoms with van der Waals surface area (Å²) in [5.74, 6) is 0. The molecule has 0 unspecified atom stereocenters. The lowest BCUT2D eigenvalue weighted by atomic mass is 9.88. The van der Waals surface area contributed by atoms with Gasteiger partial charge in [0.1, 0.15) is 0 Å². The van der Waals surface area contributed by atoms with Crippen LogP contribution in [0.4, 0.5) is 4.79 Å². The number of amides is 2. The van der Waals surface area contributed by atoms with E-state index in [1.54, 1.807) is 0 Å². The van der Waals surface area contributed by atoms with Crippen molar-refractivity contribution in [3.05, 3.63) is 0 Å². The predicted octanol–water partition coefficient (Wildman–Crippen LogP) is 2.48. The van der Waals surface area contributed by atoms with Crippen molar-refractivity contribution >= 4 is 6.03 Å². The van der Waals surface area contributed by atoms with Crippen LogP contribution in [0.25, 0.3) is 0 Å². The van der Waals surface area contributed by atoms with E-state index in [9.17, 15) is 4.79 Å². The molecule has 0 bridgehead atoms. The van der Waals surface area contributed by atoms with E-state index >= 15 is 0 Å². The fraction of sp³-hybridized carbons (Fsp3) is 0.929. The van der Waals surface area contributed by atoms with Crippen LogP contribution in [0, 0.1) is 0 Å². The number of nitrogens with one attached hydrogen (secondary N) is 1. The lowest BCUT2D eigenvalue weighted by Gasteiger charge is -2.42. The van der Waals surface area contributed by atoms with Crippen LogP contribution in [-0.4, -0.2) is 36.1 Å². The van der Waals surface area contributed by atoms with Crippen LogP contribution in [0.2, 0.25) is 0 Å². The molecule has 1 aliphatic carbocycles. The van der Waals surface area contributed by atoms with Crippen LogP contribution >= 0.6 is 0 Å². The fourth-order valence-electron chi connectivity index (χ4n) is 2.99. The van der Waals surface area contributed by atoms with E-state index in [2.05, 4.69) is 12.2 Å². The van der Waals surface area contributed by atoms with Gasteiger partial charge in [-0.25, -0.2) is 4.79 Å². The van der Waals surface area contributed by atoms with Gasteiger partial charge in [0.2, 0.25) is 0 Å². The normalized spacial score (nSPS) is 19.1. The second-order valence-electron chi connectivity index (χ2n) is 5.32. The smallest absolute Gasteiger partial charge is 0.317 e. The molecular formula is C14H29N3O. The molecule has 0 heterocycles. The van der Waals surface area contributed by atoms with E-state index in [1.165, 1.54) is 25.7 Å². The molecule has 0 atom stereocenters. The molecule has 0 aliphatic heterocycles. The van der Waals surface area contributed by atoms with Crippen molar-refractivity contribution in [1.29, 1.82) is 0 Å². The van der Waals surface area contributed by atoms with Crippen LogP contribution in [0.15, 0.2) is 0 Å². The molecule has 0 spiro atoms. The van der Waals surface area contributed by atoms with Crippen LogP contribution < -0.4 is 11.1 Å². The Morgan fingerprint density at radius 2 is 1.83 bits per heavy atom. The highest BCUT2D eigenvalue weighted by Gasteiger charge is 2.37. The van der Waals surface area contributed by atoms with Gasteiger partial charge in [-0.15, -0.1) is 0 Å². The number of nitrogens with zero attached hydrogens (tertiary/aromatic N) is 1. The summed E-state index contributed by atoms with van der Waals surface area (Å²) in [7, 11) is 0. The van der Waals surface area contributed by atoms with Gasteiger partial charge in [-0.3, -0.25) is 0 Å². The summed E-state index contributed by atoms with van der Waals surface area (Å²) in [6.07, 6.45) is 8.00. The third-order valence-corrected chi connectivity index (χ3v) is 4.07. The average molecular weight is 255 g/mol. The molecular weight excluding hydrogens is 226 g/mol. The topological polar surface area (TPSA) is 58.4 Å². The molecule has 1 saturated carbocycles. The number of carbonyl (C=O) groups excluding carboxylic acids is 1. The standard InChI is InChI=1S/C14H29N3O/c1-3-11-16-13(18)17(4-2)14(12-15)9-7-5-6-8-10-14/h3-12,15H2,1-2H3,(H,16,18). The van der Waals surface area contributed by atoms with Gasteiger partial charge in [0.05, 0.1) is 5.54 Å². The number of hydrogen-bond donors (Lipinski definition) is 2. The third kappa shape index (κ3) is 3.61. The first-order valence-corrected chi connectivity index (χ1v) is 7.45. The highest BCUT2D eigenvalue weighted by molar-refractivity contribution is 5.75. The molecule has 1 rings (SSSR count). The highest BCUT2D eigenvalue weighted by Crippen LogP contribution is 2.31. The maximum atomic E-state index is 12.3. The largest absolute Gasteiger partial charge is 0.338 e. The molecule has 18 heavy (non-hydrogen) atoms. The Labute approximate surface area is 111 Å². The SMILES string of the molecule is CCCNC(=O)N(CC)C1(CN)CCCCCC1. The zero-order chi connectivity index (χ0) is 13.4. The first-order valence-electron chi connectivity index (χ1n) is 7.45. The minimum Gasteiger partial charge on any atom is -0.338 e. The van der Waals surface area contributed by atoms with Crippen molar-refractivity contribution < 1.29 is 4.79 Å². The molecule has 0 radical (unpaired) electrons. The Morgan fingerprint density at radius 3 is 2.28 bits per heavy atom. The van der Waals surface area contributed by atoms with Crippen LogP contribution in [0.5, 0.6) is 0 Å². The Hall–Kier alpha value is -0.770. The quantitative estimate of drug-likeness (QED) is 0.741. The molecule has 106 valence electrons. The molecule has 3 N–H and O–H groups in total. The van der Waals surface area contributed by atoms with Crippen LogP contribution in [0.1, 0.15) is 58.8 Å². The Morgan fingerprint density at radius 1 is 1.22 bits per heavy atom. The van der Waals surface area contributed by atoms with Gasteiger partial charge in [-0.1, -0.05) is 32.6 Å². The van der Waals surface area contributed by atoms with Gasteiger partial charge in [0.15, 0.2) is 0 Å². The molecule has 4 nitrogen and oxygen atoms in total.